The topological polar surface area (TPSA) is 65.1 Å². The molecule has 0 N–H and O–H groups in total. The molecule has 0 spiro atoms. The first-order chi connectivity index (χ1) is 19.6. The van der Waals surface area contributed by atoms with Crippen molar-refractivity contribution >= 4 is 11.9 Å². The smallest absolute Gasteiger partial charge is 0.353 e. The maximum absolute atomic E-state index is 15.4. The molecule has 0 fully saturated rings. The number of benzene rings is 3. The van der Waals surface area contributed by atoms with Crippen LogP contribution in [0.5, 0.6) is 11.5 Å². The predicted molar refractivity (Wildman–Crippen MR) is 151 cm³/mol. The van der Waals surface area contributed by atoms with E-state index in [0.29, 0.717) is 60.5 Å². The Morgan fingerprint density at radius 3 is 2.54 bits per heavy atom. The van der Waals surface area contributed by atoms with E-state index in [1.54, 1.807) is 17.0 Å². The number of carbonyl (C=O) groups excluding carboxylic acids is 2. The summed E-state index contributed by atoms with van der Waals surface area (Å²) in [6.07, 6.45) is 1.72. The van der Waals surface area contributed by atoms with Crippen LogP contribution in [0.2, 0.25) is 0 Å². The van der Waals surface area contributed by atoms with Crippen LogP contribution in [0.4, 0.5) is 8.92 Å². The van der Waals surface area contributed by atoms with Gasteiger partial charge in [0.2, 0.25) is 0 Å². The first-order valence-electron chi connectivity index (χ1n) is 14.1. The Morgan fingerprint density at radius 1 is 1.02 bits per heavy atom. The summed E-state index contributed by atoms with van der Waals surface area (Å²) < 4.78 is 39.8. The maximum atomic E-state index is 15.4. The number of nitrogens with zero attached hydrogens (tertiary/aromatic N) is 1. The van der Waals surface area contributed by atoms with Gasteiger partial charge in [-0.15, -0.1) is 0 Å². The van der Waals surface area contributed by atoms with Crippen molar-refractivity contribution in [1.29, 1.82) is 0 Å². The van der Waals surface area contributed by atoms with Gasteiger partial charge in [0.25, 0.3) is 5.91 Å². The molecule has 0 atom stereocenters. The highest BCUT2D eigenvalue weighted by atomic mass is 19.3. The normalized spacial score (nSPS) is 14.3. The van der Waals surface area contributed by atoms with Crippen LogP contribution in [-0.4, -0.2) is 36.0 Å². The van der Waals surface area contributed by atoms with Crippen LogP contribution in [0, 0.1) is 26.6 Å². The first-order valence-corrected chi connectivity index (χ1v) is 14.1. The van der Waals surface area contributed by atoms with Gasteiger partial charge < -0.3 is 14.4 Å². The standard InChI is InChI=1S/C33H35F2NO5/c1-18(2)40-23-9-6-8-22(14-23)33(38)36-12-11-24-19(3)27(16-30(37)41-35)31(21(5)28(24)17-36)26-15-29(34)32-25(20(26)4)10-7-13-39-32/h6,8-9,14-15,18H,7,10-13,16-17H2,1-5H3. The van der Waals surface area contributed by atoms with Gasteiger partial charge in [-0.3, -0.25) is 9.74 Å². The zero-order valence-corrected chi connectivity index (χ0v) is 24.2. The summed E-state index contributed by atoms with van der Waals surface area (Å²) >= 11 is 0. The molecule has 1 amide bonds. The van der Waals surface area contributed by atoms with Crippen LogP contribution in [0.15, 0.2) is 30.3 Å². The molecule has 0 aliphatic carbocycles. The highest BCUT2D eigenvalue weighted by molar-refractivity contribution is 5.95. The molecule has 3 aromatic rings. The second kappa shape index (κ2) is 11.5. The van der Waals surface area contributed by atoms with E-state index in [-0.39, 0.29) is 24.2 Å². The van der Waals surface area contributed by atoms with Crippen molar-refractivity contribution in [3.63, 3.8) is 0 Å². The number of hydrogen-bond acceptors (Lipinski definition) is 5. The van der Waals surface area contributed by atoms with E-state index in [1.807, 2.05) is 46.8 Å². The Hall–Kier alpha value is -3.94. The fourth-order valence-corrected chi connectivity index (χ4v) is 6.27. The molecule has 216 valence electrons. The molecule has 41 heavy (non-hydrogen) atoms. The summed E-state index contributed by atoms with van der Waals surface area (Å²) in [4.78, 5) is 31.2. The van der Waals surface area contributed by atoms with Crippen LogP contribution in [-0.2, 0) is 35.5 Å². The molecule has 5 rings (SSSR count). The molecule has 8 heteroatoms. The van der Waals surface area contributed by atoms with Crippen molar-refractivity contribution in [3.8, 4) is 22.6 Å². The fraction of sp³-hybridized carbons (Fsp3) is 0.394. The highest BCUT2D eigenvalue weighted by Gasteiger charge is 2.31. The minimum absolute atomic E-state index is 0.0152. The van der Waals surface area contributed by atoms with Crippen LogP contribution in [0.3, 0.4) is 0 Å². The summed E-state index contributed by atoms with van der Waals surface area (Å²) in [6.45, 7) is 10.9. The Morgan fingerprint density at radius 2 is 1.80 bits per heavy atom. The molecule has 6 nitrogen and oxygen atoms in total. The number of rotatable bonds is 6. The first kappa shape index (κ1) is 28.6. The van der Waals surface area contributed by atoms with Crippen LogP contribution >= 0.6 is 0 Å². The molecule has 2 heterocycles. The van der Waals surface area contributed by atoms with Crippen LogP contribution in [0.25, 0.3) is 11.1 Å². The van der Waals surface area contributed by atoms with Gasteiger partial charge in [0.15, 0.2) is 11.6 Å². The number of halogens is 2. The van der Waals surface area contributed by atoms with E-state index in [0.717, 1.165) is 39.8 Å². The van der Waals surface area contributed by atoms with Gasteiger partial charge in [0.1, 0.15) is 5.75 Å². The van der Waals surface area contributed by atoms with Crippen LogP contribution < -0.4 is 9.47 Å². The van der Waals surface area contributed by atoms with E-state index in [1.165, 1.54) is 6.07 Å². The number of carbonyl (C=O) groups is 2. The number of amides is 1. The van der Waals surface area contributed by atoms with Crippen molar-refractivity contribution in [2.24, 2.45) is 0 Å². The Labute approximate surface area is 239 Å². The van der Waals surface area contributed by atoms with Crippen LogP contribution in [0.1, 0.15) is 69.6 Å². The van der Waals surface area contributed by atoms with E-state index in [9.17, 15) is 14.1 Å². The lowest BCUT2D eigenvalue weighted by atomic mass is 9.79. The lowest BCUT2D eigenvalue weighted by Gasteiger charge is -2.34. The second-order valence-corrected chi connectivity index (χ2v) is 11.1. The number of hydrogen-bond donors (Lipinski definition) is 0. The molecule has 0 radical (unpaired) electrons. The molecule has 2 aliphatic heterocycles. The van der Waals surface area contributed by atoms with Gasteiger partial charge in [-0.25, -0.2) is 9.18 Å². The van der Waals surface area contributed by atoms with Crippen molar-refractivity contribution < 1.29 is 32.9 Å². The van der Waals surface area contributed by atoms with Crippen molar-refractivity contribution in [1.82, 2.24) is 4.90 Å². The maximum Gasteiger partial charge on any atom is 0.353 e. The van der Waals surface area contributed by atoms with Crippen molar-refractivity contribution in [3.05, 3.63) is 80.7 Å². The SMILES string of the molecule is Cc1c(-c2c(C)c3c(c(C)c2CC(=O)OF)CCN(C(=O)c2cccc(OC(C)C)c2)C3)cc(F)c2c1CCCO2. The van der Waals surface area contributed by atoms with E-state index in [2.05, 4.69) is 4.94 Å². The second-order valence-electron chi connectivity index (χ2n) is 11.1. The van der Waals surface area contributed by atoms with Gasteiger partial charge in [-0.2, -0.15) is 0 Å². The van der Waals surface area contributed by atoms with E-state index >= 15 is 4.39 Å². The molecule has 0 aromatic heterocycles. The molecule has 2 aliphatic rings. The fourth-order valence-electron chi connectivity index (χ4n) is 6.27. The van der Waals surface area contributed by atoms with Crippen molar-refractivity contribution in [2.75, 3.05) is 13.2 Å². The van der Waals surface area contributed by atoms with Gasteiger partial charge in [0.05, 0.1) is 19.1 Å². The molecular weight excluding hydrogens is 528 g/mol. The minimum Gasteiger partial charge on any atom is -0.491 e. The third-order valence-electron chi connectivity index (χ3n) is 8.23. The third kappa shape index (κ3) is 5.39. The molecule has 0 saturated heterocycles. The average molecular weight is 564 g/mol. The summed E-state index contributed by atoms with van der Waals surface area (Å²) in [5.74, 6) is -0.675. The zero-order chi connectivity index (χ0) is 29.4. The highest BCUT2D eigenvalue weighted by Crippen LogP contribution is 2.43. The Bertz CT molecular complexity index is 1530. The van der Waals surface area contributed by atoms with Gasteiger partial charge in [-0.05, 0) is 123 Å². The summed E-state index contributed by atoms with van der Waals surface area (Å²) in [5.41, 5.74) is 7.78. The lowest BCUT2D eigenvalue weighted by molar-refractivity contribution is -0.182. The van der Waals surface area contributed by atoms with Crippen molar-refractivity contribution in [2.45, 2.75) is 73.0 Å². The predicted octanol–water partition coefficient (Wildman–Crippen LogP) is 6.70. The van der Waals surface area contributed by atoms with E-state index < -0.39 is 11.8 Å². The Kier molecular flexibility index (Phi) is 8.02. The molecule has 0 bridgehead atoms. The Balaban J connectivity index is 1.61. The summed E-state index contributed by atoms with van der Waals surface area (Å²) in [7, 11) is 0. The third-order valence-corrected chi connectivity index (χ3v) is 8.23. The largest absolute Gasteiger partial charge is 0.491 e. The average Bonchev–Trinajstić information content (AvgIpc) is 2.97. The van der Waals surface area contributed by atoms with E-state index in [4.69, 9.17) is 9.47 Å². The van der Waals surface area contributed by atoms with Gasteiger partial charge >= 0.3 is 5.97 Å². The molecule has 0 unspecified atom stereocenters. The monoisotopic (exact) mass is 563 g/mol. The molecule has 3 aromatic carbocycles. The van der Waals surface area contributed by atoms with Gasteiger partial charge in [-0.1, -0.05) is 6.07 Å². The summed E-state index contributed by atoms with van der Waals surface area (Å²) in [5, 5.41) is 0. The quantitative estimate of drug-likeness (QED) is 0.334. The minimum atomic E-state index is -1.01. The summed E-state index contributed by atoms with van der Waals surface area (Å²) in [6, 6.07) is 8.63. The number of fused-ring (bicyclic) bond motifs is 2. The molecular formula is C33H35F2NO5. The van der Waals surface area contributed by atoms with Gasteiger partial charge in [0, 0.05) is 28.7 Å². The zero-order valence-electron chi connectivity index (χ0n) is 24.2. The molecule has 0 saturated carbocycles. The lowest BCUT2D eigenvalue weighted by Crippen LogP contribution is -2.37. The number of ether oxygens (including phenoxy) is 2.